The quantitative estimate of drug-likeness (QED) is 0.898. The van der Waals surface area contributed by atoms with Gasteiger partial charge in [-0.1, -0.05) is 5.16 Å². The molecule has 2 amide bonds. The number of hydrogen-bond acceptors (Lipinski definition) is 6. The minimum absolute atomic E-state index is 0.0781. The van der Waals surface area contributed by atoms with Crippen LogP contribution in [0.25, 0.3) is 11.4 Å². The van der Waals surface area contributed by atoms with Gasteiger partial charge in [0.05, 0.1) is 0 Å². The van der Waals surface area contributed by atoms with Crippen LogP contribution >= 0.6 is 0 Å². The van der Waals surface area contributed by atoms with Crippen LogP contribution in [0, 0.1) is 6.92 Å². The van der Waals surface area contributed by atoms with Crippen molar-refractivity contribution in [3.05, 3.63) is 29.9 Å². The number of hydrogen-bond donors (Lipinski definition) is 1. The molecule has 2 aromatic rings. The molecule has 138 valence electrons. The van der Waals surface area contributed by atoms with Crippen LogP contribution in [0.3, 0.4) is 0 Å². The van der Waals surface area contributed by atoms with Gasteiger partial charge in [0.2, 0.25) is 23.5 Å². The normalized spacial score (nSPS) is 18.4. The van der Waals surface area contributed by atoms with Crippen molar-refractivity contribution in [3.8, 4) is 11.4 Å². The van der Waals surface area contributed by atoms with E-state index in [4.69, 9.17) is 4.52 Å². The first-order valence-corrected chi connectivity index (χ1v) is 8.80. The third kappa shape index (κ3) is 3.89. The van der Waals surface area contributed by atoms with Crippen molar-refractivity contribution in [3.63, 3.8) is 0 Å². The molecular weight excluding hydrogens is 334 g/mol. The number of pyridine rings is 1. The molecule has 0 radical (unpaired) electrons. The Bertz CT molecular complexity index is 804. The summed E-state index contributed by atoms with van der Waals surface area (Å²) in [6, 6.07) is 2.79. The molecule has 3 rings (SSSR count). The lowest BCUT2D eigenvalue weighted by molar-refractivity contribution is -0.141. The summed E-state index contributed by atoms with van der Waals surface area (Å²) < 4.78 is 5.31. The average Bonchev–Trinajstić information content (AvgIpc) is 3.12. The van der Waals surface area contributed by atoms with Crippen molar-refractivity contribution >= 4 is 11.8 Å². The van der Waals surface area contributed by atoms with Crippen LogP contribution < -0.4 is 5.32 Å². The predicted molar refractivity (Wildman–Crippen MR) is 93.8 cm³/mol. The molecule has 0 aliphatic carbocycles. The fourth-order valence-electron chi connectivity index (χ4n) is 3.17. The zero-order valence-corrected chi connectivity index (χ0v) is 15.2. The molecule has 8 heteroatoms. The molecule has 1 aliphatic heterocycles. The van der Waals surface area contributed by atoms with Crippen LogP contribution in [0.1, 0.15) is 50.7 Å². The molecule has 8 nitrogen and oxygen atoms in total. The molecular formula is C18H23N5O3. The van der Waals surface area contributed by atoms with Crippen LogP contribution in [-0.2, 0) is 9.59 Å². The Balaban J connectivity index is 1.69. The van der Waals surface area contributed by atoms with E-state index in [0.717, 1.165) is 24.1 Å². The molecule has 3 heterocycles. The molecule has 0 spiro atoms. The maximum absolute atomic E-state index is 12.6. The maximum atomic E-state index is 12.6. The summed E-state index contributed by atoms with van der Waals surface area (Å²) in [6.45, 7) is 5.79. The Kier molecular flexibility index (Phi) is 5.29. The summed E-state index contributed by atoms with van der Waals surface area (Å²) in [4.78, 5) is 34.5. The number of rotatable bonds is 4. The van der Waals surface area contributed by atoms with E-state index < -0.39 is 12.1 Å². The lowest BCUT2D eigenvalue weighted by atomic mass is 10.0. The minimum Gasteiger partial charge on any atom is -0.343 e. The lowest BCUT2D eigenvalue weighted by Crippen LogP contribution is -2.51. The van der Waals surface area contributed by atoms with Gasteiger partial charge in [-0.15, -0.1) is 0 Å². The standard InChI is InChI=1S/C18H23N5O3/c1-11-10-14(7-8-19-11)16-21-18(26-22-16)12(2)20-17(25)15-6-4-5-9-23(15)13(3)24/h7-8,10,12,15H,4-6,9H2,1-3H3,(H,20,25)/t12-,15?/m0/s1. The summed E-state index contributed by atoms with van der Waals surface area (Å²) in [5.74, 6) is 0.514. The van der Waals surface area contributed by atoms with Crippen molar-refractivity contribution in [1.29, 1.82) is 0 Å². The van der Waals surface area contributed by atoms with Crippen LogP contribution in [-0.4, -0.2) is 44.4 Å². The fourth-order valence-corrected chi connectivity index (χ4v) is 3.17. The first-order chi connectivity index (χ1) is 12.5. The highest BCUT2D eigenvalue weighted by atomic mass is 16.5. The monoisotopic (exact) mass is 357 g/mol. The van der Waals surface area contributed by atoms with E-state index in [1.165, 1.54) is 6.92 Å². The SMILES string of the molecule is CC(=O)N1CCCCC1C(=O)N[C@@H](C)c1nc(-c2ccnc(C)c2)no1. The van der Waals surface area contributed by atoms with Crippen LogP contribution in [0.15, 0.2) is 22.9 Å². The second-order valence-corrected chi connectivity index (χ2v) is 6.60. The highest BCUT2D eigenvalue weighted by Gasteiger charge is 2.31. The summed E-state index contributed by atoms with van der Waals surface area (Å²) >= 11 is 0. The topological polar surface area (TPSA) is 101 Å². The van der Waals surface area contributed by atoms with Gasteiger partial charge in [-0.3, -0.25) is 14.6 Å². The Morgan fingerprint density at radius 2 is 2.19 bits per heavy atom. The van der Waals surface area contributed by atoms with Gasteiger partial charge in [-0.2, -0.15) is 4.98 Å². The largest absolute Gasteiger partial charge is 0.343 e. The van der Waals surface area contributed by atoms with Gasteiger partial charge < -0.3 is 14.7 Å². The van der Waals surface area contributed by atoms with E-state index in [1.807, 2.05) is 13.0 Å². The predicted octanol–water partition coefficient (Wildman–Crippen LogP) is 2.02. The van der Waals surface area contributed by atoms with Gasteiger partial charge in [-0.05, 0) is 45.2 Å². The van der Waals surface area contributed by atoms with Crippen LogP contribution in [0.2, 0.25) is 0 Å². The Labute approximate surface area is 152 Å². The molecule has 2 atom stereocenters. The van der Waals surface area contributed by atoms with E-state index in [9.17, 15) is 9.59 Å². The summed E-state index contributed by atoms with van der Waals surface area (Å²) in [5.41, 5.74) is 1.66. The molecule has 1 fully saturated rings. The van der Waals surface area contributed by atoms with Crippen LogP contribution in [0.4, 0.5) is 0 Å². The molecule has 26 heavy (non-hydrogen) atoms. The molecule has 0 bridgehead atoms. The van der Waals surface area contributed by atoms with Gasteiger partial charge >= 0.3 is 0 Å². The first-order valence-electron chi connectivity index (χ1n) is 8.80. The average molecular weight is 357 g/mol. The number of aromatic nitrogens is 3. The van der Waals surface area contributed by atoms with E-state index in [-0.39, 0.29) is 11.8 Å². The van der Waals surface area contributed by atoms with Crippen molar-refractivity contribution < 1.29 is 14.1 Å². The number of carbonyl (C=O) groups excluding carboxylic acids is 2. The number of aryl methyl sites for hydroxylation is 1. The Morgan fingerprint density at radius 3 is 2.92 bits per heavy atom. The molecule has 1 N–H and O–H groups in total. The molecule has 0 aromatic carbocycles. The summed E-state index contributed by atoms with van der Waals surface area (Å²) in [7, 11) is 0. The van der Waals surface area contributed by atoms with E-state index >= 15 is 0 Å². The Morgan fingerprint density at radius 1 is 1.38 bits per heavy atom. The minimum atomic E-state index is -0.442. The van der Waals surface area contributed by atoms with Crippen molar-refractivity contribution in [2.45, 2.75) is 52.1 Å². The van der Waals surface area contributed by atoms with Gasteiger partial charge in [-0.25, -0.2) is 0 Å². The maximum Gasteiger partial charge on any atom is 0.249 e. The van der Waals surface area contributed by atoms with Gasteiger partial charge in [0.15, 0.2) is 0 Å². The zero-order valence-electron chi connectivity index (χ0n) is 15.2. The highest BCUT2D eigenvalue weighted by molar-refractivity contribution is 5.87. The second kappa shape index (κ2) is 7.63. The molecule has 1 saturated heterocycles. The van der Waals surface area contributed by atoms with E-state index in [2.05, 4.69) is 20.4 Å². The van der Waals surface area contributed by atoms with Gasteiger partial charge in [0.1, 0.15) is 12.1 Å². The van der Waals surface area contributed by atoms with E-state index in [1.54, 1.807) is 24.1 Å². The number of nitrogens with one attached hydrogen (secondary N) is 1. The van der Waals surface area contributed by atoms with E-state index in [0.29, 0.717) is 24.7 Å². The number of amides is 2. The molecule has 0 saturated carbocycles. The smallest absolute Gasteiger partial charge is 0.249 e. The zero-order chi connectivity index (χ0) is 18.7. The summed E-state index contributed by atoms with van der Waals surface area (Å²) in [5, 5.41) is 6.87. The van der Waals surface area contributed by atoms with Gasteiger partial charge in [0, 0.05) is 30.9 Å². The lowest BCUT2D eigenvalue weighted by Gasteiger charge is -2.34. The third-order valence-corrected chi connectivity index (χ3v) is 4.54. The number of likely N-dealkylation sites (tertiary alicyclic amines) is 1. The van der Waals surface area contributed by atoms with Crippen LogP contribution in [0.5, 0.6) is 0 Å². The Hall–Kier alpha value is -2.77. The fraction of sp³-hybridized carbons (Fsp3) is 0.500. The third-order valence-electron chi connectivity index (χ3n) is 4.54. The number of carbonyl (C=O) groups is 2. The molecule has 1 aliphatic rings. The number of piperidine rings is 1. The van der Waals surface area contributed by atoms with Gasteiger partial charge in [0.25, 0.3) is 0 Å². The second-order valence-electron chi connectivity index (χ2n) is 6.60. The first kappa shape index (κ1) is 18.0. The van der Waals surface area contributed by atoms with Crippen molar-refractivity contribution in [2.24, 2.45) is 0 Å². The highest BCUT2D eigenvalue weighted by Crippen LogP contribution is 2.21. The number of nitrogens with zero attached hydrogens (tertiary/aromatic N) is 4. The summed E-state index contributed by atoms with van der Waals surface area (Å²) in [6.07, 6.45) is 4.22. The van der Waals surface area contributed by atoms with Crippen molar-refractivity contribution in [1.82, 2.24) is 25.3 Å². The molecule has 2 aromatic heterocycles. The van der Waals surface area contributed by atoms with Crippen molar-refractivity contribution in [2.75, 3.05) is 6.54 Å². The molecule has 1 unspecified atom stereocenters.